The first-order valence-corrected chi connectivity index (χ1v) is 6.77. The van der Waals surface area contributed by atoms with Crippen LogP contribution in [0, 0.1) is 5.41 Å². The number of carbonyl (C=O) groups excluding carboxylic acids is 1. The van der Waals surface area contributed by atoms with Gasteiger partial charge in [-0.2, -0.15) is 0 Å². The van der Waals surface area contributed by atoms with Gasteiger partial charge in [-0.25, -0.2) is 0 Å². The van der Waals surface area contributed by atoms with Gasteiger partial charge in [0.1, 0.15) is 5.75 Å². The largest absolute Gasteiger partial charge is 0.506 e. The summed E-state index contributed by atoms with van der Waals surface area (Å²) >= 11 is 0. The Labute approximate surface area is 114 Å². The molecule has 0 bridgehead atoms. The zero-order valence-corrected chi connectivity index (χ0v) is 11.6. The number of anilines is 1. The van der Waals surface area contributed by atoms with E-state index in [0.717, 1.165) is 25.7 Å². The number of amides is 1. The van der Waals surface area contributed by atoms with E-state index in [9.17, 15) is 9.90 Å². The normalized spacial score (nSPS) is 19.1. The van der Waals surface area contributed by atoms with Crippen LogP contribution in [-0.4, -0.2) is 17.1 Å². The summed E-state index contributed by atoms with van der Waals surface area (Å²) in [7, 11) is 0. The molecule has 4 heteroatoms. The van der Waals surface area contributed by atoms with Crippen molar-refractivity contribution >= 4 is 11.6 Å². The highest BCUT2D eigenvalue weighted by Crippen LogP contribution is 2.35. The molecule has 19 heavy (non-hydrogen) atoms. The Morgan fingerprint density at radius 2 is 2.00 bits per heavy atom. The molecule has 1 aliphatic carbocycles. The molecule has 1 amide bonds. The van der Waals surface area contributed by atoms with Crippen molar-refractivity contribution in [3.63, 3.8) is 0 Å². The number of phenols is 1. The molecule has 0 spiro atoms. The highest BCUT2D eigenvalue weighted by molar-refractivity contribution is 5.95. The van der Waals surface area contributed by atoms with Crippen LogP contribution < -0.4 is 11.1 Å². The van der Waals surface area contributed by atoms with E-state index < -0.39 is 0 Å². The van der Waals surface area contributed by atoms with E-state index in [4.69, 9.17) is 5.73 Å². The Balaban J connectivity index is 1.96. The predicted octanol–water partition coefficient (Wildman–Crippen LogP) is 2.67. The summed E-state index contributed by atoms with van der Waals surface area (Å²) in [6.45, 7) is 4.53. The van der Waals surface area contributed by atoms with E-state index in [1.807, 2.05) is 0 Å². The number of rotatable bonds is 2. The minimum atomic E-state index is -0.139. The van der Waals surface area contributed by atoms with Crippen LogP contribution in [0.2, 0.25) is 0 Å². The Morgan fingerprint density at radius 3 is 2.58 bits per heavy atom. The van der Waals surface area contributed by atoms with Crippen molar-refractivity contribution in [1.82, 2.24) is 5.32 Å². The average Bonchev–Trinajstić information content (AvgIpc) is 2.35. The molecule has 1 fully saturated rings. The van der Waals surface area contributed by atoms with Crippen molar-refractivity contribution in [3.05, 3.63) is 23.8 Å². The van der Waals surface area contributed by atoms with Gasteiger partial charge in [-0.15, -0.1) is 0 Å². The number of carbonyl (C=O) groups is 1. The minimum Gasteiger partial charge on any atom is -0.506 e. The Hall–Kier alpha value is -1.71. The van der Waals surface area contributed by atoms with Crippen LogP contribution >= 0.6 is 0 Å². The fourth-order valence-electron chi connectivity index (χ4n) is 2.50. The molecule has 1 aromatic rings. The van der Waals surface area contributed by atoms with Gasteiger partial charge in [0.15, 0.2) is 0 Å². The van der Waals surface area contributed by atoms with Crippen LogP contribution in [0.25, 0.3) is 0 Å². The van der Waals surface area contributed by atoms with E-state index in [1.54, 1.807) is 12.1 Å². The number of nitrogens with two attached hydrogens (primary N) is 1. The third kappa shape index (κ3) is 3.40. The molecular formula is C15H22N2O2. The van der Waals surface area contributed by atoms with Crippen molar-refractivity contribution < 1.29 is 9.90 Å². The lowest BCUT2D eigenvalue weighted by Gasteiger charge is -2.34. The third-order valence-electron chi connectivity index (χ3n) is 3.97. The molecule has 2 rings (SSSR count). The molecule has 1 aliphatic rings. The summed E-state index contributed by atoms with van der Waals surface area (Å²) in [6, 6.07) is 4.84. The topological polar surface area (TPSA) is 75.4 Å². The third-order valence-corrected chi connectivity index (χ3v) is 3.97. The summed E-state index contributed by atoms with van der Waals surface area (Å²) in [5.74, 6) is -0.183. The molecule has 0 heterocycles. The highest BCUT2D eigenvalue weighted by atomic mass is 16.3. The smallest absolute Gasteiger partial charge is 0.251 e. The Kier molecular flexibility index (Phi) is 3.69. The molecule has 0 saturated heterocycles. The number of hydrogen-bond donors (Lipinski definition) is 3. The fourth-order valence-corrected chi connectivity index (χ4v) is 2.50. The average molecular weight is 262 g/mol. The van der Waals surface area contributed by atoms with Gasteiger partial charge >= 0.3 is 0 Å². The van der Waals surface area contributed by atoms with Gasteiger partial charge in [-0.3, -0.25) is 4.79 Å². The zero-order valence-electron chi connectivity index (χ0n) is 11.6. The van der Waals surface area contributed by atoms with Gasteiger partial charge in [0.05, 0.1) is 5.69 Å². The highest BCUT2D eigenvalue weighted by Gasteiger charge is 2.27. The maximum absolute atomic E-state index is 12.1. The molecule has 1 saturated carbocycles. The van der Waals surface area contributed by atoms with E-state index in [2.05, 4.69) is 19.2 Å². The van der Waals surface area contributed by atoms with Crippen LogP contribution in [0.5, 0.6) is 5.75 Å². The molecule has 0 radical (unpaired) electrons. The molecule has 4 N–H and O–H groups in total. The summed E-state index contributed by atoms with van der Waals surface area (Å²) in [5, 5.41) is 12.5. The summed E-state index contributed by atoms with van der Waals surface area (Å²) in [6.07, 6.45) is 4.29. The maximum atomic E-state index is 12.1. The van der Waals surface area contributed by atoms with E-state index in [-0.39, 0.29) is 23.4 Å². The SMILES string of the molecule is CC1(C)CCC(NC(=O)c2ccc(N)c(O)c2)CC1. The van der Waals surface area contributed by atoms with E-state index in [0.29, 0.717) is 11.0 Å². The molecular weight excluding hydrogens is 240 g/mol. The number of aromatic hydroxyl groups is 1. The van der Waals surface area contributed by atoms with Crippen LogP contribution in [0.3, 0.4) is 0 Å². The second-order valence-corrected chi connectivity index (χ2v) is 6.19. The molecule has 0 unspecified atom stereocenters. The first-order chi connectivity index (χ1) is 8.87. The standard InChI is InChI=1S/C15H22N2O2/c1-15(2)7-5-11(6-8-15)17-14(19)10-3-4-12(16)13(18)9-10/h3-4,9,11,18H,5-8,16H2,1-2H3,(H,17,19). The summed E-state index contributed by atoms with van der Waals surface area (Å²) in [5.41, 5.74) is 6.65. The van der Waals surface area contributed by atoms with Crippen molar-refractivity contribution in [1.29, 1.82) is 0 Å². The van der Waals surface area contributed by atoms with Crippen molar-refractivity contribution in [2.75, 3.05) is 5.73 Å². The van der Waals surface area contributed by atoms with Crippen LogP contribution in [0.15, 0.2) is 18.2 Å². The number of nitrogen functional groups attached to an aromatic ring is 1. The molecule has 4 nitrogen and oxygen atoms in total. The van der Waals surface area contributed by atoms with Crippen molar-refractivity contribution in [2.45, 2.75) is 45.6 Å². The molecule has 0 atom stereocenters. The number of hydrogen-bond acceptors (Lipinski definition) is 3. The Morgan fingerprint density at radius 1 is 1.37 bits per heavy atom. The number of nitrogens with one attached hydrogen (secondary N) is 1. The Bertz CT molecular complexity index is 473. The number of phenolic OH excluding ortho intramolecular Hbond substituents is 1. The second kappa shape index (κ2) is 5.11. The van der Waals surface area contributed by atoms with Gasteiger partial charge in [0, 0.05) is 11.6 Å². The van der Waals surface area contributed by atoms with Crippen LogP contribution in [0.1, 0.15) is 49.9 Å². The van der Waals surface area contributed by atoms with E-state index >= 15 is 0 Å². The summed E-state index contributed by atoms with van der Waals surface area (Å²) < 4.78 is 0. The minimum absolute atomic E-state index is 0.0440. The quantitative estimate of drug-likeness (QED) is 0.566. The second-order valence-electron chi connectivity index (χ2n) is 6.19. The summed E-state index contributed by atoms with van der Waals surface area (Å²) in [4.78, 5) is 12.1. The van der Waals surface area contributed by atoms with E-state index in [1.165, 1.54) is 6.07 Å². The molecule has 104 valence electrons. The fraction of sp³-hybridized carbons (Fsp3) is 0.533. The van der Waals surface area contributed by atoms with Crippen LogP contribution in [-0.2, 0) is 0 Å². The lowest BCUT2D eigenvalue weighted by atomic mass is 9.75. The predicted molar refractivity (Wildman–Crippen MR) is 76.0 cm³/mol. The molecule has 0 aromatic heterocycles. The lowest BCUT2D eigenvalue weighted by Crippen LogP contribution is -2.39. The van der Waals surface area contributed by atoms with Gasteiger partial charge in [0.25, 0.3) is 5.91 Å². The van der Waals surface area contributed by atoms with Crippen LogP contribution in [0.4, 0.5) is 5.69 Å². The van der Waals surface area contributed by atoms with Gasteiger partial charge < -0.3 is 16.2 Å². The first-order valence-electron chi connectivity index (χ1n) is 6.77. The molecule has 1 aromatic carbocycles. The van der Waals surface area contributed by atoms with Gasteiger partial charge in [-0.05, 0) is 49.3 Å². The maximum Gasteiger partial charge on any atom is 0.251 e. The van der Waals surface area contributed by atoms with Crippen molar-refractivity contribution in [2.24, 2.45) is 5.41 Å². The first kappa shape index (κ1) is 13.7. The monoisotopic (exact) mass is 262 g/mol. The van der Waals surface area contributed by atoms with Gasteiger partial charge in [0.2, 0.25) is 0 Å². The lowest BCUT2D eigenvalue weighted by molar-refractivity contribution is 0.0908. The van der Waals surface area contributed by atoms with Crippen molar-refractivity contribution in [3.8, 4) is 5.75 Å². The number of benzene rings is 1. The zero-order chi connectivity index (χ0) is 14.0. The van der Waals surface area contributed by atoms with Gasteiger partial charge in [-0.1, -0.05) is 13.8 Å². The molecule has 0 aliphatic heterocycles.